The zero-order chi connectivity index (χ0) is 13.8. The predicted molar refractivity (Wildman–Crippen MR) is 78.4 cm³/mol. The molecule has 0 N–H and O–H groups in total. The highest BCUT2D eigenvalue weighted by atomic mass is 35.5. The Balaban J connectivity index is 1.83. The SMILES string of the molecule is CN1CCC(CN(C)C(=O)Cc2ccc(Cl)cc2)C1. The molecule has 0 bridgehead atoms. The second kappa shape index (κ2) is 6.40. The number of likely N-dealkylation sites (N-methyl/N-ethyl adjacent to an activating group) is 1. The molecular weight excluding hydrogens is 260 g/mol. The molecule has 1 unspecified atom stereocenters. The highest BCUT2D eigenvalue weighted by molar-refractivity contribution is 6.30. The molecule has 2 rings (SSSR count). The first-order valence-corrected chi connectivity index (χ1v) is 7.09. The van der Waals surface area contributed by atoms with Crippen molar-refractivity contribution in [1.82, 2.24) is 9.80 Å². The van der Waals surface area contributed by atoms with Crippen molar-refractivity contribution in [2.45, 2.75) is 12.8 Å². The lowest BCUT2D eigenvalue weighted by atomic mass is 10.1. The Hall–Kier alpha value is -1.06. The zero-order valence-corrected chi connectivity index (χ0v) is 12.4. The topological polar surface area (TPSA) is 23.6 Å². The molecule has 0 radical (unpaired) electrons. The Bertz CT molecular complexity index is 432. The van der Waals surface area contributed by atoms with Gasteiger partial charge in [-0.25, -0.2) is 0 Å². The molecule has 1 aromatic carbocycles. The van der Waals surface area contributed by atoms with E-state index in [4.69, 9.17) is 11.6 Å². The first-order chi connectivity index (χ1) is 9.04. The van der Waals surface area contributed by atoms with Gasteiger partial charge in [-0.1, -0.05) is 23.7 Å². The number of halogens is 1. The molecule has 1 aromatic rings. The summed E-state index contributed by atoms with van der Waals surface area (Å²) >= 11 is 5.84. The molecule has 0 spiro atoms. The van der Waals surface area contributed by atoms with Crippen LogP contribution in [0.2, 0.25) is 5.02 Å². The second-order valence-corrected chi connectivity index (χ2v) is 5.93. The van der Waals surface area contributed by atoms with Crippen LogP contribution in [0.1, 0.15) is 12.0 Å². The maximum atomic E-state index is 12.1. The number of carbonyl (C=O) groups excluding carboxylic acids is 1. The maximum absolute atomic E-state index is 12.1. The van der Waals surface area contributed by atoms with Crippen molar-refractivity contribution in [3.63, 3.8) is 0 Å². The van der Waals surface area contributed by atoms with Crippen LogP contribution in [0.5, 0.6) is 0 Å². The van der Waals surface area contributed by atoms with Gasteiger partial charge in [0.25, 0.3) is 0 Å². The molecule has 1 saturated heterocycles. The quantitative estimate of drug-likeness (QED) is 0.845. The molecule has 1 heterocycles. The molecular formula is C15H21ClN2O. The Labute approximate surface area is 120 Å². The van der Waals surface area contributed by atoms with Gasteiger partial charge in [-0.2, -0.15) is 0 Å². The normalized spacial score (nSPS) is 19.6. The standard InChI is InChI=1S/C15H21ClN2O/c1-17-8-7-13(10-17)11-18(2)15(19)9-12-3-5-14(16)6-4-12/h3-6,13H,7-11H2,1-2H3. The Morgan fingerprint density at radius 3 is 2.68 bits per heavy atom. The van der Waals surface area contributed by atoms with Crippen LogP contribution in [-0.2, 0) is 11.2 Å². The van der Waals surface area contributed by atoms with E-state index in [1.807, 2.05) is 36.2 Å². The number of benzene rings is 1. The van der Waals surface area contributed by atoms with E-state index in [1.54, 1.807) is 0 Å². The summed E-state index contributed by atoms with van der Waals surface area (Å²) in [5.41, 5.74) is 1.02. The monoisotopic (exact) mass is 280 g/mol. The van der Waals surface area contributed by atoms with E-state index in [9.17, 15) is 4.79 Å². The largest absolute Gasteiger partial charge is 0.345 e. The van der Waals surface area contributed by atoms with Gasteiger partial charge in [0.2, 0.25) is 5.91 Å². The fourth-order valence-corrected chi connectivity index (χ4v) is 2.70. The molecule has 0 aromatic heterocycles. The van der Waals surface area contributed by atoms with E-state index < -0.39 is 0 Å². The number of nitrogens with zero attached hydrogens (tertiary/aromatic N) is 2. The molecule has 1 aliphatic heterocycles. The third-order valence-electron chi connectivity index (χ3n) is 3.72. The van der Waals surface area contributed by atoms with Crippen molar-refractivity contribution in [3.8, 4) is 0 Å². The van der Waals surface area contributed by atoms with E-state index in [2.05, 4.69) is 11.9 Å². The van der Waals surface area contributed by atoms with Gasteiger partial charge >= 0.3 is 0 Å². The summed E-state index contributed by atoms with van der Waals surface area (Å²) in [7, 11) is 4.03. The van der Waals surface area contributed by atoms with Crippen molar-refractivity contribution in [1.29, 1.82) is 0 Å². The van der Waals surface area contributed by atoms with Gasteiger partial charge < -0.3 is 9.80 Å². The molecule has 4 heteroatoms. The average Bonchev–Trinajstić information content (AvgIpc) is 2.77. The van der Waals surface area contributed by atoms with Crippen LogP contribution in [0, 0.1) is 5.92 Å². The Morgan fingerprint density at radius 1 is 1.42 bits per heavy atom. The number of likely N-dealkylation sites (tertiary alicyclic amines) is 1. The van der Waals surface area contributed by atoms with Crippen LogP contribution >= 0.6 is 11.6 Å². The minimum atomic E-state index is 0.178. The minimum absolute atomic E-state index is 0.178. The van der Waals surface area contributed by atoms with Crippen LogP contribution < -0.4 is 0 Å². The van der Waals surface area contributed by atoms with Crippen molar-refractivity contribution in [2.75, 3.05) is 33.7 Å². The summed E-state index contributed by atoms with van der Waals surface area (Å²) in [6.45, 7) is 3.10. The highest BCUT2D eigenvalue weighted by Gasteiger charge is 2.22. The van der Waals surface area contributed by atoms with Crippen molar-refractivity contribution in [2.24, 2.45) is 5.92 Å². The minimum Gasteiger partial charge on any atom is -0.345 e. The second-order valence-electron chi connectivity index (χ2n) is 5.49. The highest BCUT2D eigenvalue weighted by Crippen LogP contribution is 2.16. The third kappa shape index (κ3) is 4.22. The van der Waals surface area contributed by atoms with E-state index in [0.29, 0.717) is 17.4 Å². The molecule has 0 aliphatic carbocycles. The molecule has 3 nitrogen and oxygen atoms in total. The molecule has 19 heavy (non-hydrogen) atoms. The van der Waals surface area contributed by atoms with Gasteiger partial charge in [-0.05, 0) is 43.6 Å². The van der Waals surface area contributed by atoms with Crippen molar-refractivity contribution in [3.05, 3.63) is 34.9 Å². The van der Waals surface area contributed by atoms with Crippen LogP contribution in [0.25, 0.3) is 0 Å². The van der Waals surface area contributed by atoms with Crippen LogP contribution in [-0.4, -0.2) is 49.4 Å². The number of amides is 1. The molecule has 1 atom stereocenters. The lowest BCUT2D eigenvalue weighted by Gasteiger charge is -2.21. The lowest BCUT2D eigenvalue weighted by molar-refractivity contribution is -0.129. The molecule has 1 fully saturated rings. The van der Waals surface area contributed by atoms with Crippen molar-refractivity contribution < 1.29 is 4.79 Å². The van der Waals surface area contributed by atoms with Crippen LogP contribution in [0.4, 0.5) is 0 Å². The Kier molecular flexibility index (Phi) is 4.83. The number of hydrogen-bond donors (Lipinski definition) is 0. The first kappa shape index (κ1) is 14.4. The van der Waals surface area contributed by atoms with Gasteiger partial charge in [0.15, 0.2) is 0 Å². The lowest BCUT2D eigenvalue weighted by Crippen LogP contribution is -2.33. The van der Waals surface area contributed by atoms with Crippen molar-refractivity contribution >= 4 is 17.5 Å². The van der Waals surface area contributed by atoms with E-state index in [0.717, 1.165) is 25.2 Å². The van der Waals surface area contributed by atoms with E-state index in [-0.39, 0.29) is 5.91 Å². The molecule has 1 aliphatic rings. The van der Waals surface area contributed by atoms with Gasteiger partial charge in [-0.3, -0.25) is 4.79 Å². The third-order valence-corrected chi connectivity index (χ3v) is 3.97. The molecule has 0 saturated carbocycles. The van der Waals surface area contributed by atoms with Crippen LogP contribution in [0.15, 0.2) is 24.3 Å². The number of carbonyl (C=O) groups is 1. The predicted octanol–water partition coefficient (Wildman–Crippen LogP) is 2.29. The first-order valence-electron chi connectivity index (χ1n) is 6.71. The van der Waals surface area contributed by atoms with Gasteiger partial charge in [0.1, 0.15) is 0 Å². The summed E-state index contributed by atoms with van der Waals surface area (Å²) in [5, 5.41) is 0.707. The summed E-state index contributed by atoms with van der Waals surface area (Å²) in [5.74, 6) is 0.793. The Morgan fingerprint density at radius 2 is 2.11 bits per heavy atom. The van der Waals surface area contributed by atoms with E-state index >= 15 is 0 Å². The summed E-state index contributed by atoms with van der Waals surface area (Å²) in [6.07, 6.45) is 1.64. The summed E-state index contributed by atoms with van der Waals surface area (Å²) in [6, 6.07) is 7.49. The maximum Gasteiger partial charge on any atom is 0.226 e. The van der Waals surface area contributed by atoms with Gasteiger partial charge in [-0.15, -0.1) is 0 Å². The van der Waals surface area contributed by atoms with E-state index in [1.165, 1.54) is 6.42 Å². The summed E-state index contributed by atoms with van der Waals surface area (Å²) in [4.78, 5) is 16.3. The smallest absolute Gasteiger partial charge is 0.226 e. The van der Waals surface area contributed by atoms with Gasteiger partial charge in [0.05, 0.1) is 6.42 Å². The zero-order valence-electron chi connectivity index (χ0n) is 11.6. The molecule has 1 amide bonds. The molecule has 104 valence electrons. The number of hydrogen-bond acceptors (Lipinski definition) is 2. The summed E-state index contributed by atoms with van der Waals surface area (Å²) < 4.78 is 0. The number of rotatable bonds is 4. The van der Waals surface area contributed by atoms with Gasteiger partial charge in [0, 0.05) is 25.2 Å². The van der Waals surface area contributed by atoms with Crippen LogP contribution in [0.3, 0.4) is 0 Å². The fraction of sp³-hybridized carbons (Fsp3) is 0.533. The fourth-order valence-electron chi connectivity index (χ4n) is 2.58. The average molecular weight is 281 g/mol.